The third kappa shape index (κ3) is 10.4. The van der Waals surface area contributed by atoms with Crippen LogP contribution in [0.15, 0.2) is 24.3 Å². The number of carbonyl (C=O) groups is 5. The number of phenols is 1. The third-order valence-electron chi connectivity index (χ3n) is 5.88. The quantitative estimate of drug-likeness (QED) is 0.133. The second-order valence-corrected chi connectivity index (χ2v) is 8.98. The van der Waals surface area contributed by atoms with Crippen molar-refractivity contribution < 1.29 is 39.3 Å². The number of carboxylic acid groups (broad SMARTS) is 1. The van der Waals surface area contributed by atoms with E-state index in [0.717, 1.165) is 0 Å². The predicted octanol–water partition coefficient (Wildman–Crippen LogP) is -1.51. The molecule has 6 unspecified atom stereocenters. The Morgan fingerprint density at radius 1 is 0.919 bits per heavy atom. The lowest BCUT2D eigenvalue weighted by Gasteiger charge is -2.29. The Labute approximate surface area is 215 Å². The largest absolute Gasteiger partial charge is 0.508 e. The standard InChI is InChI=1S/C24H37N5O8/c1-4-12(2)19(28-21(33)16(25)11-14-5-7-15(31)8-6-14)22(34)29-20(13(3)30)23(35)27-17(24(36)37)9-10-18(26)32/h5-8,12-13,16-17,19-20,30-31H,4,9-11,25H2,1-3H3,(H2,26,32)(H,27,35)(H,28,33)(H,29,34)(H,36,37). The monoisotopic (exact) mass is 523 g/mol. The van der Waals surface area contributed by atoms with Crippen molar-refractivity contribution in [2.75, 3.05) is 0 Å². The van der Waals surface area contributed by atoms with Crippen LogP contribution in [0.1, 0.15) is 45.6 Å². The highest BCUT2D eigenvalue weighted by Crippen LogP contribution is 2.13. The van der Waals surface area contributed by atoms with E-state index in [-0.39, 0.29) is 30.9 Å². The van der Waals surface area contributed by atoms with E-state index in [1.807, 2.05) is 0 Å². The van der Waals surface area contributed by atoms with Gasteiger partial charge in [-0.05, 0) is 43.4 Å². The van der Waals surface area contributed by atoms with Crippen LogP contribution in [0, 0.1) is 5.92 Å². The number of aliphatic hydroxyl groups excluding tert-OH is 1. The fourth-order valence-corrected chi connectivity index (χ4v) is 3.39. The molecule has 0 bridgehead atoms. The van der Waals surface area contributed by atoms with Crippen LogP contribution in [0.5, 0.6) is 5.75 Å². The van der Waals surface area contributed by atoms with Gasteiger partial charge in [0.25, 0.3) is 0 Å². The molecule has 13 nitrogen and oxygen atoms in total. The minimum absolute atomic E-state index is 0.0644. The van der Waals surface area contributed by atoms with Gasteiger partial charge in [-0.25, -0.2) is 4.79 Å². The lowest BCUT2D eigenvalue weighted by molar-refractivity contribution is -0.143. The molecule has 37 heavy (non-hydrogen) atoms. The Bertz CT molecular complexity index is 953. The van der Waals surface area contributed by atoms with Crippen molar-refractivity contribution in [3.8, 4) is 5.75 Å². The lowest BCUT2D eigenvalue weighted by atomic mass is 9.96. The van der Waals surface area contributed by atoms with Gasteiger partial charge in [0.2, 0.25) is 23.6 Å². The summed E-state index contributed by atoms with van der Waals surface area (Å²) in [5.74, 6) is -4.87. The van der Waals surface area contributed by atoms with E-state index >= 15 is 0 Å². The maximum Gasteiger partial charge on any atom is 0.326 e. The number of hydrogen-bond acceptors (Lipinski definition) is 8. The van der Waals surface area contributed by atoms with Gasteiger partial charge in [0.15, 0.2) is 0 Å². The zero-order chi connectivity index (χ0) is 28.3. The third-order valence-corrected chi connectivity index (χ3v) is 5.88. The van der Waals surface area contributed by atoms with Crippen molar-refractivity contribution in [1.82, 2.24) is 16.0 Å². The number of aliphatic hydroxyl groups is 1. The molecule has 0 heterocycles. The number of aromatic hydroxyl groups is 1. The Hall–Kier alpha value is -3.71. The van der Waals surface area contributed by atoms with Crippen LogP contribution in [0.2, 0.25) is 0 Å². The molecular formula is C24H37N5O8. The van der Waals surface area contributed by atoms with E-state index < -0.39 is 59.9 Å². The van der Waals surface area contributed by atoms with Crippen LogP contribution in [-0.4, -0.2) is 75.2 Å². The number of rotatable bonds is 15. The molecule has 10 N–H and O–H groups in total. The van der Waals surface area contributed by atoms with Gasteiger partial charge in [0.05, 0.1) is 12.1 Å². The first kappa shape index (κ1) is 31.3. The van der Waals surface area contributed by atoms with Gasteiger partial charge in [-0.15, -0.1) is 0 Å². The molecule has 1 aromatic rings. The van der Waals surface area contributed by atoms with E-state index in [1.54, 1.807) is 26.0 Å². The number of amides is 4. The van der Waals surface area contributed by atoms with Gasteiger partial charge in [-0.1, -0.05) is 32.4 Å². The second-order valence-electron chi connectivity index (χ2n) is 8.98. The second kappa shape index (κ2) is 14.8. The summed E-state index contributed by atoms with van der Waals surface area (Å²) < 4.78 is 0. The average molecular weight is 524 g/mol. The minimum Gasteiger partial charge on any atom is -0.508 e. The molecule has 1 aromatic carbocycles. The molecule has 206 valence electrons. The number of primary amides is 1. The molecule has 0 aliphatic carbocycles. The van der Waals surface area contributed by atoms with Crippen molar-refractivity contribution in [1.29, 1.82) is 0 Å². The molecule has 0 saturated heterocycles. The Morgan fingerprint density at radius 3 is 1.95 bits per heavy atom. The van der Waals surface area contributed by atoms with Gasteiger partial charge in [0.1, 0.15) is 23.9 Å². The highest BCUT2D eigenvalue weighted by molar-refractivity contribution is 5.94. The van der Waals surface area contributed by atoms with E-state index in [2.05, 4.69) is 16.0 Å². The molecule has 0 spiro atoms. The summed E-state index contributed by atoms with van der Waals surface area (Å²) in [4.78, 5) is 61.0. The summed E-state index contributed by atoms with van der Waals surface area (Å²) in [6, 6.07) is 1.00. The molecule has 0 fully saturated rings. The molecule has 0 aromatic heterocycles. The average Bonchev–Trinajstić information content (AvgIpc) is 2.83. The maximum atomic E-state index is 13.1. The van der Waals surface area contributed by atoms with E-state index in [1.165, 1.54) is 19.1 Å². The van der Waals surface area contributed by atoms with Gasteiger partial charge in [-0.2, -0.15) is 0 Å². The van der Waals surface area contributed by atoms with Crippen LogP contribution < -0.4 is 27.4 Å². The molecular weight excluding hydrogens is 486 g/mol. The molecule has 4 amide bonds. The number of hydrogen-bond donors (Lipinski definition) is 8. The Kier molecular flexibility index (Phi) is 12.5. The van der Waals surface area contributed by atoms with E-state index in [4.69, 9.17) is 11.5 Å². The first-order valence-corrected chi connectivity index (χ1v) is 11.9. The van der Waals surface area contributed by atoms with Crippen molar-refractivity contribution >= 4 is 29.6 Å². The summed E-state index contributed by atoms with van der Waals surface area (Å²) >= 11 is 0. The van der Waals surface area contributed by atoms with Crippen molar-refractivity contribution in [2.24, 2.45) is 17.4 Å². The fraction of sp³-hybridized carbons (Fsp3) is 0.542. The summed E-state index contributed by atoms with van der Waals surface area (Å²) in [6.07, 6.45) is -1.37. The van der Waals surface area contributed by atoms with Crippen molar-refractivity contribution in [3.05, 3.63) is 29.8 Å². The van der Waals surface area contributed by atoms with Gasteiger partial charge in [0, 0.05) is 6.42 Å². The fourth-order valence-electron chi connectivity index (χ4n) is 3.39. The summed E-state index contributed by atoms with van der Waals surface area (Å²) in [5.41, 5.74) is 11.7. The zero-order valence-electron chi connectivity index (χ0n) is 21.1. The summed E-state index contributed by atoms with van der Waals surface area (Å²) in [5, 5.41) is 36.0. The van der Waals surface area contributed by atoms with Crippen LogP contribution in [-0.2, 0) is 30.4 Å². The predicted molar refractivity (Wildman–Crippen MR) is 133 cm³/mol. The Morgan fingerprint density at radius 2 is 1.46 bits per heavy atom. The topological polar surface area (TPSA) is 234 Å². The number of aliphatic carboxylic acids is 1. The van der Waals surface area contributed by atoms with Crippen LogP contribution in [0.3, 0.4) is 0 Å². The number of nitrogens with one attached hydrogen (secondary N) is 3. The van der Waals surface area contributed by atoms with Gasteiger partial charge >= 0.3 is 5.97 Å². The van der Waals surface area contributed by atoms with Crippen LogP contribution in [0.4, 0.5) is 0 Å². The van der Waals surface area contributed by atoms with Crippen molar-refractivity contribution in [3.63, 3.8) is 0 Å². The maximum absolute atomic E-state index is 13.1. The van der Waals surface area contributed by atoms with E-state index in [0.29, 0.717) is 12.0 Å². The lowest BCUT2D eigenvalue weighted by Crippen LogP contribution is -2.61. The molecule has 0 radical (unpaired) electrons. The highest BCUT2D eigenvalue weighted by atomic mass is 16.4. The van der Waals surface area contributed by atoms with Gasteiger partial charge in [-0.3, -0.25) is 19.2 Å². The normalized spacial score (nSPS) is 15.8. The molecule has 13 heteroatoms. The minimum atomic E-state index is -1.54. The summed E-state index contributed by atoms with van der Waals surface area (Å²) in [7, 11) is 0. The molecule has 0 aliphatic heterocycles. The van der Waals surface area contributed by atoms with Crippen molar-refractivity contribution in [2.45, 2.75) is 76.7 Å². The molecule has 1 rings (SSSR count). The molecule has 0 aliphatic rings. The number of benzene rings is 1. The first-order chi connectivity index (χ1) is 17.3. The number of nitrogens with two attached hydrogens (primary N) is 2. The van der Waals surface area contributed by atoms with Gasteiger partial charge < -0.3 is 42.7 Å². The zero-order valence-corrected chi connectivity index (χ0v) is 21.1. The van der Waals surface area contributed by atoms with E-state index in [9.17, 15) is 39.3 Å². The highest BCUT2D eigenvalue weighted by Gasteiger charge is 2.34. The van der Waals surface area contributed by atoms with Crippen LogP contribution in [0.25, 0.3) is 0 Å². The Balaban J connectivity index is 2.95. The smallest absolute Gasteiger partial charge is 0.326 e. The number of phenolic OH excluding ortho intramolecular Hbond substituents is 1. The number of carboxylic acids is 1. The van der Waals surface area contributed by atoms with Crippen LogP contribution >= 0.6 is 0 Å². The molecule has 0 saturated carbocycles. The summed E-state index contributed by atoms with van der Waals surface area (Å²) in [6.45, 7) is 4.73. The molecule has 6 atom stereocenters. The number of carbonyl (C=O) groups excluding carboxylic acids is 4. The SMILES string of the molecule is CCC(C)C(NC(=O)C(N)Cc1ccc(O)cc1)C(=O)NC(C(=O)NC(CCC(N)=O)C(=O)O)C(C)O. The first-order valence-electron chi connectivity index (χ1n) is 11.9.